The third-order valence-electron chi connectivity index (χ3n) is 2.65. The van der Waals surface area contributed by atoms with Gasteiger partial charge >= 0.3 is 0 Å². The number of carbonyl (C=O) groups excluding carboxylic acids is 1. The molecule has 0 saturated carbocycles. The van der Waals surface area contributed by atoms with Gasteiger partial charge in [0.15, 0.2) is 0 Å². The molecule has 1 aromatic rings. The Morgan fingerprint density at radius 1 is 1.44 bits per heavy atom. The van der Waals surface area contributed by atoms with E-state index >= 15 is 0 Å². The lowest BCUT2D eigenvalue weighted by Gasteiger charge is -2.31. The zero-order chi connectivity index (χ0) is 11.4. The number of rotatable bonds is 3. The van der Waals surface area contributed by atoms with Crippen molar-refractivity contribution in [3.05, 3.63) is 35.9 Å². The van der Waals surface area contributed by atoms with Crippen molar-refractivity contribution in [1.29, 1.82) is 0 Å². The van der Waals surface area contributed by atoms with Crippen LogP contribution in [-0.4, -0.2) is 35.9 Å². The second-order valence-electron chi connectivity index (χ2n) is 3.88. The topological polar surface area (TPSA) is 29.5 Å². The Labute approximate surface area is 100.0 Å². The molecule has 0 amide bonds. The molecule has 3 nitrogen and oxygen atoms in total. The van der Waals surface area contributed by atoms with E-state index in [4.69, 9.17) is 16.3 Å². The molecule has 0 aromatic heterocycles. The zero-order valence-electron chi connectivity index (χ0n) is 8.93. The number of carbonyl (C=O) groups is 1. The summed E-state index contributed by atoms with van der Waals surface area (Å²) >= 11 is 5.43. The van der Waals surface area contributed by atoms with E-state index in [9.17, 15) is 4.79 Å². The van der Waals surface area contributed by atoms with Gasteiger partial charge in [0, 0.05) is 19.6 Å². The monoisotopic (exact) mass is 239 g/mol. The average Bonchev–Trinajstić information content (AvgIpc) is 2.30. The van der Waals surface area contributed by atoms with Gasteiger partial charge < -0.3 is 4.74 Å². The fourth-order valence-corrected chi connectivity index (χ4v) is 1.96. The molecule has 4 heteroatoms. The first-order valence-corrected chi connectivity index (χ1v) is 5.71. The van der Waals surface area contributed by atoms with Crippen LogP contribution in [0.2, 0.25) is 0 Å². The van der Waals surface area contributed by atoms with Crippen LogP contribution in [-0.2, 0) is 16.1 Å². The molecule has 0 spiro atoms. The van der Waals surface area contributed by atoms with Crippen molar-refractivity contribution in [3.63, 3.8) is 0 Å². The summed E-state index contributed by atoms with van der Waals surface area (Å²) in [6, 6.07) is 10.2. The normalized spacial score (nSPS) is 21.9. The summed E-state index contributed by atoms with van der Waals surface area (Å²) in [5.74, 6) is 0. The van der Waals surface area contributed by atoms with Gasteiger partial charge in [0.25, 0.3) is 5.24 Å². The Hall–Kier alpha value is -0.900. The highest BCUT2D eigenvalue weighted by Gasteiger charge is 2.24. The molecule has 86 valence electrons. The minimum absolute atomic E-state index is 0.405. The maximum absolute atomic E-state index is 11.0. The zero-order valence-corrected chi connectivity index (χ0v) is 9.69. The van der Waals surface area contributed by atoms with Crippen LogP contribution in [0.15, 0.2) is 30.3 Å². The van der Waals surface area contributed by atoms with E-state index in [1.807, 2.05) is 18.2 Å². The van der Waals surface area contributed by atoms with E-state index in [2.05, 4.69) is 17.0 Å². The van der Waals surface area contributed by atoms with Crippen molar-refractivity contribution in [2.45, 2.75) is 12.6 Å². The molecule has 0 unspecified atom stereocenters. The standard InChI is InChI=1S/C12H14ClNO2/c13-12(15)11-9-14(6-7-16-11)8-10-4-2-1-3-5-10/h1-5,11H,6-9H2/t11-/m1/s1. The van der Waals surface area contributed by atoms with E-state index in [0.29, 0.717) is 13.2 Å². The van der Waals surface area contributed by atoms with Crippen molar-refractivity contribution < 1.29 is 9.53 Å². The number of hydrogen-bond donors (Lipinski definition) is 0. The van der Waals surface area contributed by atoms with Crippen molar-refractivity contribution in [2.75, 3.05) is 19.7 Å². The lowest BCUT2D eigenvalue weighted by atomic mass is 10.2. The number of nitrogens with zero attached hydrogens (tertiary/aromatic N) is 1. The molecule has 0 bridgehead atoms. The fraction of sp³-hybridized carbons (Fsp3) is 0.417. The van der Waals surface area contributed by atoms with Gasteiger partial charge in [-0.25, -0.2) is 0 Å². The van der Waals surface area contributed by atoms with Crippen LogP contribution >= 0.6 is 11.6 Å². The molecule has 1 fully saturated rings. The molecule has 16 heavy (non-hydrogen) atoms. The van der Waals surface area contributed by atoms with Gasteiger partial charge in [-0.05, 0) is 17.2 Å². The number of morpholine rings is 1. The largest absolute Gasteiger partial charge is 0.366 e. The second kappa shape index (κ2) is 5.43. The van der Waals surface area contributed by atoms with Crippen molar-refractivity contribution in [3.8, 4) is 0 Å². The summed E-state index contributed by atoms with van der Waals surface area (Å²) in [7, 11) is 0. The van der Waals surface area contributed by atoms with Gasteiger partial charge in [-0.15, -0.1) is 0 Å². The number of benzene rings is 1. The van der Waals surface area contributed by atoms with Crippen molar-refractivity contribution in [1.82, 2.24) is 4.90 Å². The average molecular weight is 240 g/mol. The highest BCUT2D eigenvalue weighted by atomic mass is 35.5. The first-order valence-electron chi connectivity index (χ1n) is 5.33. The van der Waals surface area contributed by atoms with Crippen molar-refractivity contribution in [2.24, 2.45) is 0 Å². The first-order chi connectivity index (χ1) is 7.75. The van der Waals surface area contributed by atoms with Gasteiger partial charge in [0.05, 0.1) is 6.61 Å². The predicted molar refractivity (Wildman–Crippen MR) is 62.3 cm³/mol. The second-order valence-corrected chi connectivity index (χ2v) is 4.26. The number of halogens is 1. The molecule has 1 saturated heterocycles. The van der Waals surface area contributed by atoms with Gasteiger partial charge in [0.2, 0.25) is 0 Å². The lowest BCUT2D eigenvalue weighted by Crippen LogP contribution is -2.44. The summed E-state index contributed by atoms with van der Waals surface area (Å²) in [6.07, 6.45) is -0.473. The Morgan fingerprint density at radius 2 is 2.19 bits per heavy atom. The third kappa shape index (κ3) is 3.04. The van der Waals surface area contributed by atoms with Gasteiger partial charge in [-0.3, -0.25) is 9.69 Å². The summed E-state index contributed by atoms with van der Waals surface area (Å²) in [6.45, 7) is 2.83. The van der Waals surface area contributed by atoms with E-state index < -0.39 is 11.3 Å². The Balaban J connectivity index is 1.93. The van der Waals surface area contributed by atoms with Crippen LogP contribution in [0.25, 0.3) is 0 Å². The summed E-state index contributed by atoms with van der Waals surface area (Å²) < 4.78 is 5.28. The first kappa shape index (κ1) is 11.6. The third-order valence-corrected chi connectivity index (χ3v) is 2.90. The Bertz CT molecular complexity index is 355. The molecule has 1 aliphatic rings. The van der Waals surface area contributed by atoms with Gasteiger partial charge in [0.1, 0.15) is 6.10 Å². The minimum Gasteiger partial charge on any atom is -0.366 e. The van der Waals surface area contributed by atoms with Crippen molar-refractivity contribution >= 4 is 16.8 Å². The highest BCUT2D eigenvalue weighted by molar-refractivity contribution is 6.64. The SMILES string of the molecule is O=C(Cl)[C@H]1CN(Cc2ccccc2)CCO1. The van der Waals surface area contributed by atoms with Crippen LogP contribution in [0, 0.1) is 0 Å². The number of hydrogen-bond acceptors (Lipinski definition) is 3. The van der Waals surface area contributed by atoms with Crippen LogP contribution in [0.1, 0.15) is 5.56 Å². The minimum atomic E-state index is -0.473. The summed E-state index contributed by atoms with van der Waals surface area (Å²) in [5, 5.41) is -0.405. The lowest BCUT2D eigenvalue weighted by molar-refractivity contribution is -0.128. The van der Waals surface area contributed by atoms with Crippen LogP contribution < -0.4 is 0 Å². The maximum atomic E-state index is 11.0. The summed E-state index contributed by atoms with van der Waals surface area (Å²) in [4.78, 5) is 13.2. The highest BCUT2D eigenvalue weighted by Crippen LogP contribution is 2.11. The molecule has 0 radical (unpaired) electrons. The quantitative estimate of drug-likeness (QED) is 0.752. The molecule has 1 aliphatic heterocycles. The Morgan fingerprint density at radius 3 is 2.88 bits per heavy atom. The van der Waals surface area contributed by atoms with E-state index in [1.54, 1.807) is 0 Å². The summed E-state index contributed by atoms with van der Waals surface area (Å²) in [5.41, 5.74) is 1.24. The molecular formula is C12H14ClNO2. The van der Waals surface area contributed by atoms with Gasteiger partial charge in [-0.1, -0.05) is 30.3 Å². The fourth-order valence-electron chi connectivity index (χ4n) is 1.83. The van der Waals surface area contributed by atoms with Crippen LogP contribution in [0.5, 0.6) is 0 Å². The molecule has 0 N–H and O–H groups in total. The number of ether oxygens (including phenoxy) is 1. The molecule has 1 aromatic carbocycles. The van der Waals surface area contributed by atoms with Crippen LogP contribution in [0.3, 0.4) is 0 Å². The molecule has 0 aliphatic carbocycles. The molecular weight excluding hydrogens is 226 g/mol. The molecule has 1 heterocycles. The van der Waals surface area contributed by atoms with Gasteiger partial charge in [-0.2, -0.15) is 0 Å². The maximum Gasteiger partial charge on any atom is 0.251 e. The van der Waals surface area contributed by atoms with E-state index in [-0.39, 0.29) is 0 Å². The van der Waals surface area contributed by atoms with E-state index in [1.165, 1.54) is 5.56 Å². The Kier molecular flexibility index (Phi) is 3.93. The molecule has 2 rings (SSSR count). The predicted octanol–water partition coefficient (Wildman–Crippen LogP) is 1.65. The van der Waals surface area contributed by atoms with E-state index in [0.717, 1.165) is 13.1 Å². The molecule has 1 atom stereocenters. The smallest absolute Gasteiger partial charge is 0.251 e. The van der Waals surface area contributed by atoms with Crippen LogP contribution in [0.4, 0.5) is 0 Å².